The summed E-state index contributed by atoms with van der Waals surface area (Å²) in [6.07, 6.45) is 3.41. The number of rotatable bonds is 7. The molecule has 4 N–H and O–H groups in total. The largest absolute Gasteiger partial charge is 0.508 e. The molecule has 0 aliphatic heterocycles. The summed E-state index contributed by atoms with van der Waals surface area (Å²) in [4.78, 5) is 13.2. The second kappa shape index (κ2) is 8.86. The summed E-state index contributed by atoms with van der Waals surface area (Å²) in [6, 6.07) is 10.00. The lowest BCUT2D eigenvalue weighted by atomic mass is 10.1. The third-order valence-corrected chi connectivity index (χ3v) is 4.53. The molecule has 0 aliphatic rings. The van der Waals surface area contributed by atoms with E-state index in [4.69, 9.17) is 11.6 Å². The summed E-state index contributed by atoms with van der Waals surface area (Å²) in [6.45, 7) is 3.98. The van der Waals surface area contributed by atoms with Gasteiger partial charge in [-0.15, -0.1) is 0 Å². The standard InChI is InChI=1S/C20H22ClN5O2/c1-12(2)18(11-27)25-20-24-17(13-4-3-7-22-10-13)9-19(26-20)23-16-6-5-14(28)8-15(16)21/h3-10,12,18,27-28H,11H2,1-2H3,(H2,23,24,25,26)/t18-/m1/s1. The molecule has 0 saturated heterocycles. The number of phenolic OH excluding ortho intramolecular Hbond substituents is 1. The Morgan fingerprint density at radius 2 is 1.96 bits per heavy atom. The van der Waals surface area contributed by atoms with Crippen LogP contribution in [0.15, 0.2) is 48.8 Å². The van der Waals surface area contributed by atoms with Crippen molar-refractivity contribution in [3.8, 4) is 17.0 Å². The van der Waals surface area contributed by atoms with E-state index < -0.39 is 0 Å². The van der Waals surface area contributed by atoms with Crippen LogP contribution in [0.25, 0.3) is 11.3 Å². The van der Waals surface area contributed by atoms with Crippen LogP contribution in [0.3, 0.4) is 0 Å². The second-order valence-corrected chi connectivity index (χ2v) is 7.08. The van der Waals surface area contributed by atoms with Crippen LogP contribution in [-0.2, 0) is 0 Å². The highest BCUT2D eigenvalue weighted by atomic mass is 35.5. The fourth-order valence-electron chi connectivity index (χ4n) is 2.57. The van der Waals surface area contributed by atoms with Gasteiger partial charge in [0.15, 0.2) is 0 Å². The molecule has 3 rings (SSSR count). The Bertz CT molecular complexity index is 937. The third-order valence-electron chi connectivity index (χ3n) is 4.21. The van der Waals surface area contributed by atoms with Crippen LogP contribution in [0.4, 0.5) is 17.5 Å². The first-order chi connectivity index (χ1) is 13.5. The summed E-state index contributed by atoms with van der Waals surface area (Å²) >= 11 is 6.20. The molecule has 1 aromatic carbocycles. The van der Waals surface area contributed by atoms with E-state index >= 15 is 0 Å². The summed E-state index contributed by atoms with van der Waals surface area (Å²) in [5.41, 5.74) is 2.10. The average molecular weight is 400 g/mol. The average Bonchev–Trinajstić information content (AvgIpc) is 2.68. The number of anilines is 3. The molecule has 0 radical (unpaired) electrons. The van der Waals surface area contributed by atoms with Crippen molar-refractivity contribution in [3.63, 3.8) is 0 Å². The van der Waals surface area contributed by atoms with Crippen molar-refractivity contribution in [2.75, 3.05) is 17.2 Å². The summed E-state index contributed by atoms with van der Waals surface area (Å²) in [5, 5.41) is 25.9. The Morgan fingerprint density at radius 3 is 2.61 bits per heavy atom. The fraction of sp³-hybridized carbons (Fsp3) is 0.250. The van der Waals surface area contributed by atoms with Crippen molar-refractivity contribution in [2.45, 2.75) is 19.9 Å². The van der Waals surface area contributed by atoms with Gasteiger partial charge in [0.05, 0.1) is 29.1 Å². The van der Waals surface area contributed by atoms with Gasteiger partial charge in [0.25, 0.3) is 0 Å². The number of aromatic hydroxyl groups is 1. The van der Waals surface area contributed by atoms with Crippen molar-refractivity contribution >= 4 is 29.1 Å². The molecule has 2 aromatic heterocycles. The molecule has 0 bridgehead atoms. The van der Waals surface area contributed by atoms with Gasteiger partial charge < -0.3 is 20.8 Å². The molecule has 2 heterocycles. The van der Waals surface area contributed by atoms with Crippen LogP contribution in [0.2, 0.25) is 5.02 Å². The molecular weight excluding hydrogens is 378 g/mol. The predicted molar refractivity (Wildman–Crippen MR) is 111 cm³/mol. The van der Waals surface area contributed by atoms with Crippen LogP contribution in [0, 0.1) is 5.92 Å². The van der Waals surface area contributed by atoms with E-state index in [1.165, 1.54) is 12.1 Å². The number of phenols is 1. The zero-order valence-corrected chi connectivity index (χ0v) is 16.4. The Labute approximate surface area is 168 Å². The van der Waals surface area contributed by atoms with E-state index in [1.807, 2.05) is 26.0 Å². The van der Waals surface area contributed by atoms with E-state index in [0.717, 1.165) is 5.56 Å². The predicted octanol–water partition coefficient (Wildman–Crippen LogP) is 4.07. The van der Waals surface area contributed by atoms with E-state index in [0.29, 0.717) is 28.2 Å². The number of hydrogen-bond donors (Lipinski definition) is 4. The molecule has 0 spiro atoms. The van der Waals surface area contributed by atoms with E-state index in [1.54, 1.807) is 24.5 Å². The molecule has 3 aromatic rings. The van der Waals surface area contributed by atoms with E-state index in [2.05, 4.69) is 25.6 Å². The van der Waals surface area contributed by atoms with Gasteiger partial charge in [-0.1, -0.05) is 25.4 Å². The molecule has 0 amide bonds. The number of pyridine rings is 1. The van der Waals surface area contributed by atoms with Gasteiger partial charge in [-0.25, -0.2) is 4.98 Å². The molecule has 0 aliphatic carbocycles. The second-order valence-electron chi connectivity index (χ2n) is 6.67. The van der Waals surface area contributed by atoms with E-state index in [-0.39, 0.29) is 24.3 Å². The first-order valence-electron chi connectivity index (χ1n) is 8.88. The third kappa shape index (κ3) is 4.88. The lowest BCUT2D eigenvalue weighted by Crippen LogP contribution is -2.30. The highest BCUT2D eigenvalue weighted by molar-refractivity contribution is 6.33. The number of aliphatic hydroxyl groups is 1. The zero-order chi connectivity index (χ0) is 20.1. The van der Waals surface area contributed by atoms with Crippen molar-refractivity contribution in [1.29, 1.82) is 0 Å². The Balaban J connectivity index is 1.99. The Kier molecular flexibility index (Phi) is 6.28. The minimum absolute atomic E-state index is 0.0370. The minimum atomic E-state index is -0.186. The topological polar surface area (TPSA) is 103 Å². The molecule has 8 heteroatoms. The number of nitrogens with one attached hydrogen (secondary N) is 2. The molecule has 1 atom stereocenters. The number of aromatic nitrogens is 3. The van der Waals surface area contributed by atoms with Crippen molar-refractivity contribution in [2.24, 2.45) is 5.92 Å². The van der Waals surface area contributed by atoms with Crippen molar-refractivity contribution < 1.29 is 10.2 Å². The Morgan fingerprint density at radius 1 is 1.14 bits per heavy atom. The molecule has 0 unspecified atom stereocenters. The maximum absolute atomic E-state index is 9.63. The van der Waals surface area contributed by atoms with Crippen LogP contribution in [0.1, 0.15) is 13.8 Å². The monoisotopic (exact) mass is 399 g/mol. The Hall–Kier alpha value is -2.90. The lowest BCUT2D eigenvalue weighted by molar-refractivity contribution is 0.248. The number of aliphatic hydroxyl groups excluding tert-OH is 1. The quantitative estimate of drug-likeness (QED) is 0.444. The zero-order valence-electron chi connectivity index (χ0n) is 15.6. The van der Waals surface area contributed by atoms with Gasteiger partial charge in [-0.05, 0) is 30.2 Å². The molecular formula is C20H22ClN5O2. The first kappa shape index (κ1) is 19.9. The molecule has 146 valence electrons. The molecule has 0 saturated carbocycles. The number of nitrogens with zero attached hydrogens (tertiary/aromatic N) is 3. The van der Waals surface area contributed by atoms with Crippen LogP contribution < -0.4 is 10.6 Å². The van der Waals surface area contributed by atoms with Gasteiger partial charge in [-0.3, -0.25) is 4.98 Å². The molecule has 0 fully saturated rings. The number of benzene rings is 1. The fourth-order valence-corrected chi connectivity index (χ4v) is 2.79. The van der Waals surface area contributed by atoms with Crippen LogP contribution in [-0.4, -0.2) is 37.8 Å². The SMILES string of the molecule is CC(C)[C@@H](CO)Nc1nc(Nc2ccc(O)cc2Cl)cc(-c2cccnc2)n1. The summed E-state index contributed by atoms with van der Waals surface area (Å²) in [7, 11) is 0. The highest BCUT2D eigenvalue weighted by Gasteiger charge is 2.15. The normalized spacial score (nSPS) is 12.0. The van der Waals surface area contributed by atoms with Crippen molar-refractivity contribution in [3.05, 3.63) is 53.8 Å². The molecule has 7 nitrogen and oxygen atoms in total. The van der Waals surface area contributed by atoms with E-state index in [9.17, 15) is 10.2 Å². The van der Waals surface area contributed by atoms with Crippen molar-refractivity contribution in [1.82, 2.24) is 15.0 Å². The number of halogens is 1. The summed E-state index contributed by atoms with van der Waals surface area (Å²) < 4.78 is 0. The lowest BCUT2D eigenvalue weighted by Gasteiger charge is -2.20. The van der Waals surface area contributed by atoms with Gasteiger partial charge in [0.2, 0.25) is 5.95 Å². The van der Waals surface area contributed by atoms with Gasteiger partial charge >= 0.3 is 0 Å². The maximum Gasteiger partial charge on any atom is 0.225 e. The maximum atomic E-state index is 9.63. The highest BCUT2D eigenvalue weighted by Crippen LogP contribution is 2.30. The number of hydrogen-bond acceptors (Lipinski definition) is 7. The van der Waals surface area contributed by atoms with Gasteiger partial charge in [0.1, 0.15) is 11.6 Å². The van der Waals surface area contributed by atoms with Crippen LogP contribution in [0.5, 0.6) is 5.75 Å². The van der Waals surface area contributed by atoms with Gasteiger partial charge in [0, 0.05) is 30.1 Å². The first-order valence-corrected chi connectivity index (χ1v) is 9.26. The minimum Gasteiger partial charge on any atom is -0.508 e. The van der Waals surface area contributed by atoms with Crippen LogP contribution >= 0.6 is 11.6 Å². The summed E-state index contributed by atoms with van der Waals surface area (Å²) in [5.74, 6) is 1.17. The van der Waals surface area contributed by atoms with Gasteiger partial charge in [-0.2, -0.15) is 4.98 Å². The smallest absolute Gasteiger partial charge is 0.225 e. The molecule has 28 heavy (non-hydrogen) atoms.